The summed E-state index contributed by atoms with van der Waals surface area (Å²) in [5.41, 5.74) is 1.70. The molecule has 2 aromatic rings. The molecule has 1 fully saturated rings. The average Bonchev–Trinajstić information content (AvgIpc) is 3.07. The van der Waals surface area contributed by atoms with Crippen LogP contribution in [0, 0.1) is 5.92 Å². The van der Waals surface area contributed by atoms with Gasteiger partial charge in [-0.3, -0.25) is 9.69 Å². The molecule has 1 atom stereocenters. The normalized spacial score (nSPS) is 18.5. The number of benzene rings is 1. The van der Waals surface area contributed by atoms with Crippen LogP contribution in [0.4, 0.5) is 0 Å². The molecule has 1 unspecified atom stereocenters. The molecule has 6 heteroatoms. The molecule has 3 rings (SSSR count). The number of ether oxygens (including phenoxy) is 1. The molecule has 1 aromatic carbocycles. The molecule has 0 N–H and O–H groups in total. The number of hydrogen-bond donors (Lipinski definition) is 0. The highest BCUT2D eigenvalue weighted by molar-refractivity contribution is 5.78. The predicted octanol–water partition coefficient (Wildman–Crippen LogP) is 1.75. The second-order valence-electron chi connectivity index (χ2n) is 6.17. The number of methoxy groups -OCH3 is 1. The zero-order valence-corrected chi connectivity index (χ0v) is 13.7. The Balaban J connectivity index is 1.53. The van der Waals surface area contributed by atoms with Crippen LogP contribution >= 0.6 is 0 Å². The van der Waals surface area contributed by atoms with E-state index in [1.54, 1.807) is 7.11 Å². The minimum absolute atomic E-state index is 0.224. The minimum Gasteiger partial charge on any atom is -0.439 e. The number of carbonyl (C=O) groups excluding carboxylic acids is 1. The SMILES string of the molecule is COCCN1CC(CN(C)Cc2nc3ccccc3o2)CC1=O. The van der Waals surface area contributed by atoms with Crippen molar-refractivity contribution in [2.75, 3.05) is 40.4 Å². The van der Waals surface area contributed by atoms with Crippen LogP contribution in [0.15, 0.2) is 28.7 Å². The van der Waals surface area contributed by atoms with Gasteiger partial charge in [0.25, 0.3) is 0 Å². The molecule has 23 heavy (non-hydrogen) atoms. The monoisotopic (exact) mass is 317 g/mol. The predicted molar refractivity (Wildman–Crippen MR) is 86.9 cm³/mol. The van der Waals surface area contributed by atoms with Crippen molar-refractivity contribution in [1.29, 1.82) is 0 Å². The summed E-state index contributed by atoms with van der Waals surface area (Å²) in [6, 6.07) is 7.78. The largest absolute Gasteiger partial charge is 0.439 e. The second kappa shape index (κ2) is 7.10. The third-order valence-corrected chi connectivity index (χ3v) is 4.17. The highest BCUT2D eigenvalue weighted by Crippen LogP contribution is 2.20. The van der Waals surface area contributed by atoms with E-state index in [2.05, 4.69) is 9.88 Å². The highest BCUT2D eigenvalue weighted by Gasteiger charge is 2.29. The van der Waals surface area contributed by atoms with E-state index in [0.29, 0.717) is 37.9 Å². The first kappa shape index (κ1) is 16.0. The third kappa shape index (κ3) is 3.89. The van der Waals surface area contributed by atoms with E-state index < -0.39 is 0 Å². The van der Waals surface area contributed by atoms with Crippen molar-refractivity contribution in [3.8, 4) is 0 Å². The smallest absolute Gasteiger partial charge is 0.223 e. The summed E-state index contributed by atoms with van der Waals surface area (Å²) in [4.78, 5) is 20.5. The summed E-state index contributed by atoms with van der Waals surface area (Å²) in [5, 5.41) is 0. The Morgan fingerprint density at radius 1 is 1.43 bits per heavy atom. The molecule has 2 heterocycles. The Labute approximate surface area is 136 Å². The van der Waals surface area contributed by atoms with Gasteiger partial charge in [0, 0.05) is 33.2 Å². The number of fused-ring (bicyclic) bond motifs is 1. The number of rotatable bonds is 7. The number of likely N-dealkylation sites (tertiary alicyclic amines) is 1. The lowest BCUT2D eigenvalue weighted by Crippen LogP contribution is -2.31. The van der Waals surface area contributed by atoms with E-state index >= 15 is 0 Å². The molecular formula is C17H23N3O3. The van der Waals surface area contributed by atoms with Crippen molar-refractivity contribution in [3.05, 3.63) is 30.2 Å². The van der Waals surface area contributed by atoms with Gasteiger partial charge in [-0.2, -0.15) is 0 Å². The maximum atomic E-state index is 12.0. The standard InChI is InChI=1S/C17H23N3O3/c1-19(10-13-9-17(21)20(11-13)7-8-22-2)12-16-18-14-5-3-4-6-15(14)23-16/h3-6,13H,7-12H2,1-2H3. The van der Waals surface area contributed by atoms with Crippen LogP contribution in [0.5, 0.6) is 0 Å². The van der Waals surface area contributed by atoms with Gasteiger partial charge < -0.3 is 14.1 Å². The second-order valence-corrected chi connectivity index (χ2v) is 6.17. The molecule has 1 saturated heterocycles. The van der Waals surface area contributed by atoms with Gasteiger partial charge in [0.15, 0.2) is 5.58 Å². The van der Waals surface area contributed by atoms with Gasteiger partial charge in [-0.1, -0.05) is 12.1 Å². The van der Waals surface area contributed by atoms with Crippen LogP contribution in [-0.2, 0) is 16.1 Å². The molecule has 0 saturated carbocycles. The van der Waals surface area contributed by atoms with Crippen molar-refractivity contribution in [2.24, 2.45) is 5.92 Å². The van der Waals surface area contributed by atoms with E-state index in [4.69, 9.17) is 9.15 Å². The first-order chi connectivity index (χ1) is 11.2. The molecule has 0 aliphatic carbocycles. The molecule has 124 valence electrons. The van der Waals surface area contributed by atoms with Gasteiger partial charge in [0.05, 0.1) is 13.2 Å². The fourth-order valence-electron chi connectivity index (χ4n) is 3.12. The first-order valence-corrected chi connectivity index (χ1v) is 7.95. The molecule has 0 bridgehead atoms. The average molecular weight is 317 g/mol. The molecule has 1 aromatic heterocycles. The number of hydrogen-bond acceptors (Lipinski definition) is 5. The van der Waals surface area contributed by atoms with Crippen LogP contribution in [0.1, 0.15) is 12.3 Å². The number of carbonyl (C=O) groups is 1. The maximum absolute atomic E-state index is 12.0. The van der Waals surface area contributed by atoms with Crippen LogP contribution < -0.4 is 0 Å². The number of para-hydroxylation sites is 2. The van der Waals surface area contributed by atoms with Crippen molar-refractivity contribution in [1.82, 2.24) is 14.8 Å². The van der Waals surface area contributed by atoms with E-state index in [0.717, 1.165) is 24.2 Å². The van der Waals surface area contributed by atoms with Crippen LogP contribution in [0.2, 0.25) is 0 Å². The van der Waals surface area contributed by atoms with Crippen molar-refractivity contribution < 1.29 is 13.9 Å². The van der Waals surface area contributed by atoms with Gasteiger partial charge in [-0.15, -0.1) is 0 Å². The molecule has 1 aliphatic rings. The van der Waals surface area contributed by atoms with Gasteiger partial charge in [-0.05, 0) is 25.1 Å². The fourth-order valence-corrected chi connectivity index (χ4v) is 3.12. The summed E-state index contributed by atoms with van der Waals surface area (Å²) in [6.45, 7) is 3.59. The minimum atomic E-state index is 0.224. The Bertz CT molecular complexity index is 637. The van der Waals surface area contributed by atoms with Crippen molar-refractivity contribution in [3.63, 3.8) is 0 Å². The summed E-state index contributed by atoms with van der Waals surface area (Å²) < 4.78 is 10.8. The van der Waals surface area contributed by atoms with Crippen molar-refractivity contribution in [2.45, 2.75) is 13.0 Å². The molecule has 1 aliphatic heterocycles. The van der Waals surface area contributed by atoms with Gasteiger partial charge in [-0.25, -0.2) is 4.98 Å². The summed E-state index contributed by atoms with van der Waals surface area (Å²) in [5.74, 6) is 1.30. The quantitative estimate of drug-likeness (QED) is 0.779. The topological polar surface area (TPSA) is 58.8 Å². The van der Waals surface area contributed by atoms with Gasteiger partial charge in [0.1, 0.15) is 5.52 Å². The van der Waals surface area contributed by atoms with Crippen LogP contribution in [0.3, 0.4) is 0 Å². The number of oxazole rings is 1. The molecule has 6 nitrogen and oxygen atoms in total. The summed E-state index contributed by atoms with van der Waals surface area (Å²) >= 11 is 0. The molecule has 0 spiro atoms. The lowest BCUT2D eigenvalue weighted by Gasteiger charge is -2.20. The Morgan fingerprint density at radius 3 is 3.04 bits per heavy atom. The first-order valence-electron chi connectivity index (χ1n) is 7.95. The zero-order valence-electron chi connectivity index (χ0n) is 13.7. The summed E-state index contributed by atoms with van der Waals surface area (Å²) in [6.07, 6.45) is 0.613. The molecular weight excluding hydrogens is 294 g/mol. The maximum Gasteiger partial charge on any atom is 0.223 e. The van der Waals surface area contributed by atoms with E-state index in [-0.39, 0.29) is 5.91 Å². The lowest BCUT2D eigenvalue weighted by atomic mass is 10.1. The molecule has 1 amide bonds. The lowest BCUT2D eigenvalue weighted by molar-refractivity contribution is -0.128. The zero-order chi connectivity index (χ0) is 16.2. The van der Waals surface area contributed by atoms with E-state index in [1.807, 2.05) is 36.2 Å². The van der Waals surface area contributed by atoms with Crippen molar-refractivity contribution >= 4 is 17.0 Å². The van der Waals surface area contributed by atoms with E-state index in [9.17, 15) is 4.79 Å². The Hall–Kier alpha value is -1.92. The highest BCUT2D eigenvalue weighted by atomic mass is 16.5. The van der Waals surface area contributed by atoms with E-state index in [1.165, 1.54) is 0 Å². The summed E-state index contributed by atoms with van der Waals surface area (Å²) in [7, 11) is 3.70. The number of aromatic nitrogens is 1. The van der Waals surface area contributed by atoms with Gasteiger partial charge in [0.2, 0.25) is 11.8 Å². The Kier molecular flexibility index (Phi) is 4.93. The third-order valence-electron chi connectivity index (χ3n) is 4.17. The van der Waals surface area contributed by atoms with Gasteiger partial charge >= 0.3 is 0 Å². The fraction of sp³-hybridized carbons (Fsp3) is 0.529. The van der Waals surface area contributed by atoms with Crippen LogP contribution in [-0.4, -0.2) is 61.1 Å². The molecule has 0 radical (unpaired) electrons. The van der Waals surface area contributed by atoms with Crippen LogP contribution in [0.25, 0.3) is 11.1 Å². The number of nitrogens with zero attached hydrogens (tertiary/aromatic N) is 3. The number of amides is 1. The Morgan fingerprint density at radius 2 is 2.26 bits per heavy atom.